The van der Waals surface area contributed by atoms with Gasteiger partial charge >= 0.3 is 0 Å². The summed E-state index contributed by atoms with van der Waals surface area (Å²) < 4.78 is 13.9. The minimum atomic E-state index is -0.800. The number of likely N-dealkylation sites (tertiary alicyclic amines) is 1. The quantitative estimate of drug-likeness (QED) is 0.861. The summed E-state index contributed by atoms with van der Waals surface area (Å²) in [6.45, 7) is 0.811. The lowest BCUT2D eigenvalue weighted by Crippen LogP contribution is -2.51. The second-order valence-electron chi connectivity index (χ2n) is 6.57. The van der Waals surface area contributed by atoms with E-state index in [1.807, 2.05) is 14.1 Å². The highest BCUT2D eigenvalue weighted by Crippen LogP contribution is 2.31. The molecule has 2 aliphatic rings. The summed E-state index contributed by atoms with van der Waals surface area (Å²) in [5, 5.41) is 3.03. The average molecular weight is 367 g/mol. The maximum atomic E-state index is 13.9. The summed E-state index contributed by atoms with van der Waals surface area (Å²) >= 11 is 5.99. The van der Waals surface area contributed by atoms with Crippen LogP contribution in [0.5, 0.6) is 0 Å². The Morgan fingerprint density at radius 3 is 2.64 bits per heavy atom. The Balaban J connectivity index is 1.66. The first-order chi connectivity index (χ1) is 11.8. The molecule has 0 bridgehead atoms. The van der Waals surface area contributed by atoms with Crippen LogP contribution in [0.15, 0.2) is 23.2 Å². The molecule has 2 amide bonds. The molecule has 1 N–H and O–H groups in total. The molecule has 0 aromatic heterocycles. The molecule has 2 aliphatic heterocycles. The van der Waals surface area contributed by atoms with Gasteiger partial charge < -0.3 is 9.80 Å². The molecule has 0 unspecified atom stereocenters. The van der Waals surface area contributed by atoms with Gasteiger partial charge in [0.25, 0.3) is 5.91 Å². The molecule has 134 valence electrons. The Morgan fingerprint density at radius 2 is 2.08 bits per heavy atom. The Labute approximate surface area is 150 Å². The van der Waals surface area contributed by atoms with Gasteiger partial charge in [0.15, 0.2) is 0 Å². The highest BCUT2D eigenvalue weighted by atomic mass is 35.5. The molecule has 25 heavy (non-hydrogen) atoms. The van der Waals surface area contributed by atoms with Crippen molar-refractivity contribution >= 4 is 29.4 Å². The van der Waals surface area contributed by atoms with Crippen molar-refractivity contribution in [2.75, 3.05) is 27.2 Å². The van der Waals surface area contributed by atoms with E-state index in [-0.39, 0.29) is 28.8 Å². The van der Waals surface area contributed by atoms with Gasteiger partial charge in [-0.2, -0.15) is 0 Å². The molecule has 1 aromatic carbocycles. The molecule has 0 atom stereocenters. The van der Waals surface area contributed by atoms with Crippen LogP contribution in [0.4, 0.5) is 4.39 Å². The number of nitrogens with zero attached hydrogens (tertiary/aromatic N) is 3. The van der Waals surface area contributed by atoms with E-state index in [9.17, 15) is 14.0 Å². The van der Waals surface area contributed by atoms with E-state index < -0.39 is 11.4 Å². The fraction of sp³-hybridized carbons (Fsp3) is 0.471. The van der Waals surface area contributed by atoms with Gasteiger partial charge in [0, 0.05) is 37.8 Å². The van der Waals surface area contributed by atoms with Gasteiger partial charge in [-0.3, -0.25) is 14.9 Å². The number of carbonyl (C=O) groups excluding carboxylic acids is 2. The van der Waals surface area contributed by atoms with Gasteiger partial charge in [0.05, 0.1) is 6.42 Å². The number of halogens is 2. The number of carbonyl (C=O) groups is 2. The summed E-state index contributed by atoms with van der Waals surface area (Å²) in [6, 6.07) is 4.37. The fourth-order valence-electron chi connectivity index (χ4n) is 3.14. The highest BCUT2D eigenvalue weighted by Gasteiger charge is 2.46. The largest absolute Gasteiger partial charge is 0.349 e. The monoisotopic (exact) mass is 366 g/mol. The van der Waals surface area contributed by atoms with Gasteiger partial charge in [-0.05, 0) is 25.0 Å². The standard InChI is InChI=1S/C17H20ClFN4O2/c1-22(2)16-20-15(25)17(21-16)6-8-23(9-7-17)14(24)10-11-12(18)4-3-5-13(11)19/h3-5H,6-10H2,1-2H3,(H,20,21,25). The van der Waals surface area contributed by atoms with E-state index in [0.29, 0.717) is 31.9 Å². The maximum absolute atomic E-state index is 13.9. The minimum Gasteiger partial charge on any atom is -0.349 e. The first-order valence-electron chi connectivity index (χ1n) is 8.12. The van der Waals surface area contributed by atoms with Crippen LogP contribution in [0.3, 0.4) is 0 Å². The van der Waals surface area contributed by atoms with Crippen molar-refractivity contribution in [3.63, 3.8) is 0 Å². The molecule has 3 rings (SSSR count). The molecule has 1 saturated heterocycles. The number of hydrogen-bond donors (Lipinski definition) is 1. The van der Waals surface area contributed by atoms with Gasteiger partial charge in [-0.25, -0.2) is 9.38 Å². The second-order valence-corrected chi connectivity index (χ2v) is 6.98. The van der Waals surface area contributed by atoms with E-state index >= 15 is 0 Å². The second kappa shape index (κ2) is 6.63. The third kappa shape index (κ3) is 3.33. The molecule has 8 heteroatoms. The lowest BCUT2D eigenvalue weighted by atomic mass is 9.88. The number of hydrogen-bond acceptors (Lipinski definition) is 4. The number of amides is 2. The van der Waals surface area contributed by atoms with Gasteiger partial charge in [-0.1, -0.05) is 17.7 Å². The van der Waals surface area contributed by atoms with Crippen molar-refractivity contribution in [1.82, 2.24) is 15.1 Å². The lowest BCUT2D eigenvalue weighted by Gasteiger charge is -2.35. The number of guanidine groups is 1. The summed E-state index contributed by atoms with van der Waals surface area (Å²) in [6.07, 6.45) is 0.816. The number of piperidine rings is 1. The summed E-state index contributed by atoms with van der Waals surface area (Å²) in [4.78, 5) is 32.7. The number of aliphatic imine (C=N–C) groups is 1. The van der Waals surface area contributed by atoms with E-state index in [1.165, 1.54) is 12.1 Å². The molecule has 1 aromatic rings. The molecule has 1 spiro atoms. The van der Waals surface area contributed by atoms with Crippen LogP contribution >= 0.6 is 11.6 Å². The number of rotatable bonds is 2. The maximum Gasteiger partial charge on any atom is 0.254 e. The van der Waals surface area contributed by atoms with Crippen molar-refractivity contribution in [2.45, 2.75) is 24.8 Å². The van der Waals surface area contributed by atoms with Crippen LogP contribution in [0.1, 0.15) is 18.4 Å². The van der Waals surface area contributed by atoms with Crippen molar-refractivity contribution in [2.24, 2.45) is 4.99 Å². The van der Waals surface area contributed by atoms with Gasteiger partial charge in [0.1, 0.15) is 11.4 Å². The minimum absolute atomic E-state index is 0.0864. The molecular formula is C17H20ClFN4O2. The van der Waals surface area contributed by atoms with E-state index in [0.717, 1.165) is 0 Å². The molecule has 1 fully saturated rings. The summed E-state index contributed by atoms with van der Waals surface area (Å²) in [7, 11) is 3.63. The zero-order chi connectivity index (χ0) is 18.2. The third-order valence-electron chi connectivity index (χ3n) is 4.72. The molecule has 0 radical (unpaired) electrons. The Morgan fingerprint density at radius 1 is 1.40 bits per heavy atom. The smallest absolute Gasteiger partial charge is 0.254 e. The topological polar surface area (TPSA) is 65.0 Å². The Bertz CT molecular complexity index is 722. The Kier molecular flexibility index (Phi) is 4.69. The highest BCUT2D eigenvalue weighted by molar-refractivity contribution is 6.31. The molecule has 2 heterocycles. The van der Waals surface area contributed by atoms with Gasteiger partial charge in [-0.15, -0.1) is 0 Å². The average Bonchev–Trinajstić information content (AvgIpc) is 2.88. The van der Waals surface area contributed by atoms with E-state index in [1.54, 1.807) is 15.9 Å². The number of nitrogens with one attached hydrogen (secondary N) is 1. The van der Waals surface area contributed by atoms with Crippen LogP contribution in [0, 0.1) is 5.82 Å². The van der Waals surface area contributed by atoms with Crippen LogP contribution in [-0.2, 0) is 16.0 Å². The van der Waals surface area contributed by atoms with E-state index in [4.69, 9.17) is 11.6 Å². The van der Waals surface area contributed by atoms with Crippen LogP contribution in [0.25, 0.3) is 0 Å². The van der Waals surface area contributed by atoms with Crippen molar-refractivity contribution in [3.05, 3.63) is 34.6 Å². The molecule has 6 nitrogen and oxygen atoms in total. The third-order valence-corrected chi connectivity index (χ3v) is 5.08. The zero-order valence-corrected chi connectivity index (χ0v) is 14.9. The SMILES string of the molecule is CN(C)C1=NC2(CCN(C(=O)Cc3c(F)cccc3Cl)CC2)C(=O)N1. The van der Waals surface area contributed by atoms with Crippen LogP contribution < -0.4 is 5.32 Å². The first kappa shape index (κ1) is 17.7. The normalized spacial score (nSPS) is 19.0. The molecule has 0 aliphatic carbocycles. The van der Waals surface area contributed by atoms with Crippen molar-refractivity contribution < 1.29 is 14.0 Å². The van der Waals surface area contributed by atoms with Crippen molar-refractivity contribution in [3.8, 4) is 0 Å². The lowest BCUT2D eigenvalue weighted by molar-refractivity contribution is -0.135. The zero-order valence-electron chi connectivity index (χ0n) is 14.2. The predicted octanol–water partition coefficient (Wildman–Crippen LogP) is 1.43. The van der Waals surface area contributed by atoms with Crippen LogP contribution in [0.2, 0.25) is 5.02 Å². The summed E-state index contributed by atoms with van der Waals surface area (Å²) in [5.74, 6) is -0.259. The first-order valence-corrected chi connectivity index (χ1v) is 8.49. The van der Waals surface area contributed by atoms with E-state index in [2.05, 4.69) is 10.3 Å². The Hall–Kier alpha value is -2.15. The van der Waals surface area contributed by atoms with Crippen LogP contribution in [-0.4, -0.2) is 60.3 Å². The molecular weight excluding hydrogens is 347 g/mol. The number of benzene rings is 1. The summed E-state index contributed by atoms with van der Waals surface area (Å²) in [5.41, 5.74) is -0.590. The van der Waals surface area contributed by atoms with Crippen molar-refractivity contribution in [1.29, 1.82) is 0 Å². The fourth-order valence-corrected chi connectivity index (χ4v) is 3.37. The van der Waals surface area contributed by atoms with Gasteiger partial charge in [0.2, 0.25) is 11.9 Å². The predicted molar refractivity (Wildman–Crippen MR) is 92.9 cm³/mol. The molecule has 0 saturated carbocycles.